The predicted molar refractivity (Wildman–Crippen MR) is 83.2 cm³/mol. The molecule has 0 radical (unpaired) electrons. The molecule has 1 fully saturated rings. The van der Waals surface area contributed by atoms with Crippen molar-refractivity contribution < 1.29 is 33.3 Å². The Balaban J connectivity index is 2.87. The SMILES string of the molecule is B[C@@H]1O[C@H](CC(C)(CC)OP(=O)(O)C(C)(O)CC)[C@@H](O)[C@H]1F. The molecule has 6 nitrogen and oxygen atoms in total. The highest BCUT2D eigenvalue weighted by Gasteiger charge is 2.49. The Labute approximate surface area is 132 Å². The number of halogens is 1. The molecule has 0 bridgehead atoms. The van der Waals surface area contributed by atoms with E-state index < -0.39 is 42.9 Å². The van der Waals surface area contributed by atoms with Crippen LogP contribution in [0.4, 0.5) is 4.39 Å². The highest BCUT2D eigenvalue weighted by atomic mass is 31.2. The van der Waals surface area contributed by atoms with Crippen molar-refractivity contribution in [1.29, 1.82) is 0 Å². The van der Waals surface area contributed by atoms with Crippen molar-refractivity contribution in [2.24, 2.45) is 0 Å². The molecule has 1 aliphatic heterocycles. The molecule has 0 aliphatic carbocycles. The van der Waals surface area contributed by atoms with E-state index in [0.717, 1.165) is 0 Å². The molecule has 1 heterocycles. The largest absolute Gasteiger partial charge is 0.387 e. The van der Waals surface area contributed by atoms with Crippen LogP contribution in [0.3, 0.4) is 0 Å². The monoisotopic (exact) mass is 340 g/mol. The highest BCUT2D eigenvalue weighted by molar-refractivity contribution is 7.54. The number of hydrogen-bond acceptors (Lipinski definition) is 5. The van der Waals surface area contributed by atoms with Gasteiger partial charge in [-0.15, -0.1) is 0 Å². The van der Waals surface area contributed by atoms with E-state index in [4.69, 9.17) is 9.26 Å². The molecule has 0 amide bonds. The van der Waals surface area contributed by atoms with Crippen LogP contribution < -0.4 is 0 Å². The lowest BCUT2D eigenvalue weighted by molar-refractivity contribution is -0.0433. The van der Waals surface area contributed by atoms with Crippen LogP contribution in [-0.2, 0) is 13.8 Å². The quantitative estimate of drug-likeness (QED) is 0.471. The second-order valence-electron chi connectivity index (χ2n) is 6.50. The summed E-state index contributed by atoms with van der Waals surface area (Å²) in [5, 5.41) is 18.0. The lowest BCUT2D eigenvalue weighted by Crippen LogP contribution is -2.39. The van der Waals surface area contributed by atoms with Crippen molar-refractivity contribution in [3.05, 3.63) is 0 Å². The van der Waals surface area contributed by atoms with Crippen LogP contribution in [0.2, 0.25) is 0 Å². The third-order valence-electron chi connectivity index (χ3n) is 4.55. The summed E-state index contributed by atoms with van der Waals surface area (Å²) in [4.78, 5) is 10.1. The minimum absolute atomic E-state index is 0.0483. The molecule has 0 aromatic carbocycles. The van der Waals surface area contributed by atoms with Crippen LogP contribution in [0.1, 0.15) is 47.0 Å². The summed E-state index contributed by atoms with van der Waals surface area (Å²) in [6.07, 6.45) is -3.16. The van der Waals surface area contributed by atoms with Crippen molar-refractivity contribution >= 4 is 15.4 Å². The summed E-state index contributed by atoms with van der Waals surface area (Å²) >= 11 is 0. The summed E-state index contributed by atoms with van der Waals surface area (Å²) in [6.45, 7) is 6.16. The van der Waals surface area contributed by atoms with Crippen molar-refractivity contribution in [2.75, 3.05) is 0 Å². The normalized spacial score (nSPS) is 37.3. The van der Waals surface area contributed by atoms with E-state index in [2.05, 4.69) is 0 Å². The molecule has 9 heteroatoms. The maximum atomic E-state index is 13.7. The second-order valence-corrected chi connectivity index (χ2v) is 8.69. The lowest BCUT2D eigenvalue weighted by atomic mass is 9.90. The number of aliphatic hydroxyl groups excluding tert-OH is 1. The Hall–Kier alpha value is 0.0249. The van der Waals surface area contributed by atoms with Gasteiger partial charge in [-0.25, -0.2) is 4.39 Å². The number of rotatable bonds is 7. The van der Waals surface area contributed by atoms with E-state index >= 15 is 0 Å². The third kappa shape index (κ3) is 4.10. The zero-order chi connectivity index (χ0) is 17.3. The van der Waals surface area contributed by atoms with Crippen molar-refractivity contribution in [2.45, 2.75) is 82.3 Å². The molecule has 0 saturated carbocycles. The Morgan fingerprint density at radius 1 is 1.36 bits per heavy atom. The highest BCUT2D eigenvalue weighted by Crippen LogP contribution is 2.59. The van der Waals surface area contributed by atoms with Gasteiger partial charge in [0.05, 0.1) is 17.7 Å². The van der Waals surface area contributed by atoms with Crippen molar-refractivity contribution in [1.82, 2.24) is 0 Å². The Bertz CT molecular complexity index is 437. The minimum atomic E-state index is -4.32. The van der Waals surface area contributed by atoms with Gasteiger partial charge >= 0.3 is 7.60 Å². The first-order chi connectivity index (χ1) is 9.89. The fourth-order valence-corrected chi connectivity index (χ4v) is 3.75. The number of hydrogen-bond donors (Lipinski definition) is 3. The van der Waals surface area contributed by atoms with Crippen LogP contribution in [0, 0.1) is 0 Å². The standard InChI is InChI=1S/C13H27BFO6P/c1-5-12(3,21-22(18,19)13(4,17)6-2)7-8-10(16)9(15)11(14)20-8/h8-11,16-17H,5-7,14H2,1-4H3,(H,18,19)/t8-,9-,10-,11-,12?,13?/m1/s1. The topological polar surface area (TPSA) is 96.2 Å². The van der Waals surface area contributed by atoms with E-state index in [9.17, 15) is 24.1 Å². The Morgan fingerprint density at radius 3 is 2.27 bits per heavy atom. The molecule has 22 heavy (non-hydrogen) atoms. The van der Waals surface area contributed by atoms with Crippen LogP contribution in [0.15, 0.2) is 0 Å². The van der Waals surface area contributed by atoms with Gasteiger partial charge < -0.3 is 24.4 Å². The molecule has 1 aliphatic rings. The minimum Gasteiger partial charge on any atom is -0.387 e. The molecule has 1 saturated heterocycles. The van der Waals surface area contributed by atoms with Crippen LogP contribution >= 0.6 is 7.60 Å². The summed E-state index contributed by atoms with van der Waals surface area (Å²) in [5.74, 6) is 0. The first-order valence-electron chi connectivity index (χ1n) is 7.62. The summed E-state index contributed by atoms with van der Waals surface area (Å²) < 4.78 is 36.7. The Kier molecular flexibility index (Phi) is 6.27. The summed E-state index contributed by atoms with van der Waals surface area (Å²) in [5.41, 5.74) is -1.13. The molecule has 0 spiro atoms. The van der Waals surface area contributed by atoms with Gasteiger partial charge in [-0.05, 0) is 26.7 Å². The van der Waals surface area contributed by atoms with E-state index in [1.54, 1.807) is 20.8 Å². The van der Waals surface area contributed by atoms with Gasteiger partial charge in [-0.3, -0.25) is 4.57 Å². The van der Waals surface area contributed by atoms with Crippen LogP contribution in [0.5, 0.6) is 0 Å². The number of alkyl halides is 1. The molecule has 7 atom stereocenters. The first kappa shape index (κ1) is 20.1. The molecule has 0 aromatic heterocycles. The van der Waals surface area contributed by atoms with Crippen molar-refractivity contribution in [3.63, 3.8) is 0 Å². The fraction of sp³-hybridized carbons (Fsp3) is 1.00. The zero-order valence-corrected chi connectivity index (χ0v) is 14.7. The molecule has 3 unspecified atom stereocenters. The van der Waals surface area contributed by atoms with E-state index in [0.29, 0.717) is 6.42 Å². The van der Waals surface area contributed by atoms with Gasteiger partial charge in [0.1, 0.15) is 20.1 Å². The summed E-state index contributed by atoms with van der Waals surface area (Å²) in [7, 11) is -2.79. The zero-order valence-electron chi connectivity index (χ0n) is 13.8. The van der Waals surface area contributed by atoms with Crippen molar-refractivity contribution in [3.8, 4) is 0 Å². The van der Waals surface area contributed by atoms with Crippen LogP contribution in [-0.4, -0.2) is 58.3 Å². The molecular weight excluding hydrogens is 313 g/mol. The van der Waals surface area contributed by atoms with Gasteiger partial charge in [0.2, 0.25) is 0 Å². The Morgan fingerprint density at radius 2 is 1.91 bits per heavy atom. The maximum Gasteiger partial charge on any atom is 0.359 e. The molecule has 1 rings (SSSR count). The molecule has 130 valence electrons. The van der Waals surface area contributed by atoms with E-state index in [-0.39, 0.29) is 12.8 Å². The number of ether oxygens (including phenoxy) is 1. The van der Waals surface area contributed by atoms with Gasteiger partial charge in [0.25, 0.3) is 0 Å². The second kappa shape index (κ2) is 6.87. The third-order valence-corrected chi connectivity index (χ3v) is 6.77. The molecular formula is C13H27BFO6P. The van der Waals surface area contributed by atoms with E-state index in [1.807, 2.05) is 0 Å². The van der Waals surface area contributed by atoms with Crippen LogP contribution in [0.25, 0.3) is 0 Å². The molecule has 3 N–H and O–H groups in total. The van der Waals surface area contributed by atoms with Gasteiger partial charge in [-0.1, -0.05) is 13.8 Å². The van der Waals surface area contributed by atoms with E-state index in [1.165, 1.54) is 14.8 Å². The van der Waals surface area contributed by atoms with Gasteiger partial charge in [-0.2, -0.15) is 0 Å². The lowest BCUT2D eigenvalue weighted by Gasteiger charge is -2.37. The fourth-order valence-electron chi connectivity index (χ4n) is 2.35. The summed E-state index contributed by atoms with van der Waals surface area (Å²) in [6, 6.07) is -0.735. The molecule has 0 aromatic rings. The average molecular weight is 340 g/mol. The number of aliphatic hydroxyl groups is 2. The first-order valence-corrected chi connectivity index (χ1v) is 9.20. The predicted octanol–water partition coefficient (Wildman–Crippen LogP) is 0.923. The smallest absolute Gasteiger partial charge is 0.359 e. The van der Waals surface area contributed by atoms with Gasteiger partial charge in [0, 0.05) is 6.42 Å². The van der Waals surface area contributed by atoms with Gasteiger partial charge in [0.15, 0.2) is 5.34 Å². The maximum absolute atomic E-state index is 13.7. The average Bonchev–Trinajstić information content (AvgIpc) is 2.65.